The van der Waals surface area contributed by atoms with Gasteiger partial charge in [0.1, 0.15) is 12.2 Å². The average molecular weight is 196 g/mol. The fraction of sp³-hybridized carbons (Fsp3) is 0.273. The van der Waals surface area contributed by atoms with Crippen molar-refractivity contribution in [3.05, 3.63) is 47.5 Å². The lowest BCUT2D eigenvalue weighted by atomic mass is 10.1. The van der Waals surface area contributed by atoms with E-state index in [-0.39, 0.29) is 11.7 Å². The lowest BCUT2D eigenvalue weighted by Gasteiger charge is -1.94. The molecule has 3 heteroatoms. The van der Waals surface area contributed by atoms with Crippen LogP contribution in [-0.4, -0.2) is 6.10 Å². The summed E-state index contributed by atoms with van der Waals surface area (Å²) in [7, 11) is 0. The molecule has 1 aromatic carbocycles. The second-order valence-corrected chi connectivity index (χ2v) is 3.33. The van der Waals surface area contributed by atoms with Crippen LogP contribution in [0.4, 0.5) is 8.78 Å². The molecule has 0 bridgehead atoms. The summed E-state index contributed by atoms with van der Waals surface area (Å²) >= 11 is 0. The molecule has 74 valence electrons. The van der Waals surface area contributed by atoms with Gasteiger partial charge in [-0.25, -0.2) is 0 Å². The van der Waals surface area contributed by atoms with Gasteiger partial charge in [-0.2, -0.15) is 8.78 Å². The predicted octanol–water partition coefficient (Wildman–Crippen LogP) is 3.30. The third-order valence-corrected chi connectivity index (χ3v) is 2.34. The summed E-state index contributed by atoms with van der Waals surface area (Å²) in [4.78, 5) is 0. The molecule has 2 unspecified atom stereocenters. The first-order chi connectivity index (χ1) is 6.70. The van der Waals surface area contributed by atoms with Crippen molar-refractivity contribution in [3.63, 3.8) is 0 Å². The molecule has 0 amide bonds. The Morgan fingerprint density at radius 1 is 1.21 bits per heavy atom. The van der Waals surface area contributed by atoms with Gasteiger partial charge in [-0.05, 0) is 12.5 Å². The lowest BCUT2D eigenvalue weighted by Crippen LogP contribution is -1.91. The van der Waals surface area contributed by atoms with Crippen LogP contribution in [0.3, 0.4) is 0 Å². The Hall–Kier alpha value is -1.22. The van der Waals surface area contributed by atoms with Crippen molar-refractivity contribution in [1.29, 1.82) is 0 Å². The van der Waals surface area contributed by atoms with Crippen molar-refractivity contribution in [1.82, 2.24) is 0 Å². The normalized spacial score (nSPS) is 24.5. The molecule has 0 N–H and O–H groups in total. The van der Waals surface area contributed by atoms with Crippen LogP contribution in [0.1, 0.15) is 18.6 Å². The Morgan fingerprint density at radius 3 is 2.43 bits per heavy atom. The fourth-order valence-electron chi connectivity index (χ4n) is 1.45. The van der Waals surface area contributed by atoms with Gasteiger partial charge in [0, 0.05) is 5.57 Å². The molecular weight excluding hydrogens is 186 g/mol. The Morgan fingerprint density at radius 2 is 1.86 bits per heavy atom. The van der Waals surface area contributed by atoms with Crippen molar-refractivity contribution in [2.45, 2.75) is 19.1 Å². The first kappa shape index (κ1) is 9.34. The molecule has 0 saturated carbocycles. The summed E-state index contributed by atoms with van der Waals surface area (Å²) in [5, 5.41) is 0. The summed E-state index contributed by atoms with van der Waals surface area (Å²) in [5.41, 5.74) is 0.997. The van der Waals surface area contributed by atoms with Crippen molar-refractivity contribution in [2.24, 2.45) is 0 Å². The molecule has 0 aliphatic carbocycles. The molecule has 0 aromatic heterocycles. The molecular formula is C11H10F2O. The maximum absolute atomic E-state index is 12.2. The number of halogens is 2. The molecule has 0 spiro atoms. The summed E-state index contributed by atoms with van der Waals surface area (Å²) in [6.45, 7) is 1.41. The van der Waals surface area contributed by atoms with E-state index in [0.29, 0.717) is 0 Å². The Bertz CT molecular complexity index is 355. The zero-order valence-corrected chi connectivity index (χ0v) is 7.71. The minimum atomic E-state index is -1.63. The minimum absolute atomic E-state index is 0.0406. The average Bonchev–Trinajstić information content (AvgIpc) is 2.97. The van der Waals surface area contributed by atoms with Crippen LogP contribution in [0, 0.1) is 0 Å². The first-order valence-corrected chi connectivity index (χ1v) is 4.42. The molecule has 1 saturated heterocycles. The van der Waals surface area contributed by atoms with Gasteiger partial charge in [0.05, 0.1) is 0 Å². The van der Waals surface area contributed by atoms with E-state index in [1.807, 2.05) is 30.3 Å². The Balaban J connectivity index is 2.11. The first-order valence-electron chi connectivity index (χ1n) is 4.42. The van der Waals surface area contributed by atoms with Gasteiger partial charge in [0.15, 0.2) is 0 Å². The monoisotopic (exact) mass is 196 g/mol. The minimum Gasteiger partial charge on any atom is -0.360 e. The van der Waals surface area contributed by atoms with Gasteiger partial charge in [-0.1, -0.05) is 30.3 Å². The summed E-state index contributed by atoms with van der Waals surface area (Å²) < 4.78 is 29.6. The van der Waals surface area contributed by atoms with E-state index in [9.17, 15) is 8.78 Å². The Kier molecular flexibility index (Phi) is 2.33. The van der Waals surface area contributed by atoms with E-state index >= 15 is 0 Å². The lowest BCUT2D eigenvalue weighted by molar-refractivity contribution is 0.367. The van der Waals surface area contributed by atoms with Gasteiger partial charge in [-0.15, -0.1) is 0 Å². The number of benzene rings is 1. The van der Waals surface area contributed by atoms with Gasteiger partial charge >= 0.3 is 0 Å². The zero-order valence-electron chi connectivity index (χ0n) is 7.71. The van der Waals surface area contributed by atoms with Crippen LogP contribution in [0.2, 0.25) is 0 Å². The molecule has 1 fully saturated rings. The highest BCUT2D eigenvalue weighted by Crippen LogP contribution is 2.43. The molecule has 1 aromatic rings. The van der Waals surface area contributed by atoms with Gasteiger partial charge in [0.2, 0.25) is 0 Å². The standard InChI is InChI=1S/C11H10F2O/c1-7(11(12)13)9-10(14-9)8-5-3-2-4-6-8/h2-6,9-10H,1H3. The number of epoxide rings is 1. The Labute approximate surface area is 81.0 Å². The highest BCUT2D eigenvalue weighted by Gasteiger charge is 2.42. The second-order valence-electron chi connectivity index (χ2n) is 3.33. The predicted molar refractivity (Wildman–Crippen MR) is 49.0 cm³/mol. The largest absolute Gasteiger partial charge is 0.360 e. The number of rotatable bonds is 2. The van der Waals surface area contributed by atoms with E-state index in [0.717, 1.165) is 5.56 Å². The van der Waals surface area contributed by atoms with E-state index < -0.39 is 12.2 Å². The van der Waals surface area contributed by atoms with Crippen LogP contribution in [-0.2, 0) is 4.74 Å². The zero-order chi connectivity index (χ0) is 10.1. The van der Waals surface area contributed by atoms with Crippen LogP contribution in [0.5, 0.6) is 0 Å². The maximum atomic E-state index is 12.2. The number of hydrogen-bond donors (Lipinski definition) is 0. The molecule has 2 atom stereocenters. The van der Waals surface area contributed by atoms with E-state index in [1.54, 1.807) is 0 Å². The van der Waals surface area contributed by atoms with E-state index in [1.165, 1.54) is 6.92 Å². The summed E-state index contributed by atoms with van der Waals surface area (Å²) in [5.74, 6) is 0. The molecule has 1 nitrogen and oxygen atoms in total. The van der Waals surface area contributed by atoms with Gasteiger partial charge < -0.3 is 4.74 Å². The molecule has 1 aliphatic heterocycles. The van der Waals surface area contributed by atoms with Crippen molar-refractivity contribution >= 4 is 0 Å². The van der Waals surface area contributed by atoms with Crippen molar-refractivity contribution in [2.75, 3.05) is 0 Å². The van der Waals surface area contributed by atoms with E-state index in [4.69, 9.17) is 4.74 Å². The van der Waals surface area contributed by atoms with Crippen LogP contribution >= 0.6 is 0 Å². The number of hydrogen-bond acceptors (Lipinski definition) is 1. The summed E-state index contributed by atoms with van der Waals surface area (Å²) in [6, 6.07) is 9.40. The molecule has 1 aliphatic rings. The topological polar surface area (TPSA) is 12.5 Å². The third kappa shape index (κ3) is 1.68. The van der Waals surface area contributed by atoms with Crippen molar-refractivity contribution < 1.29 is 13.5 Å². The fourth-order valence-corrected chi connectivity index (χ4v) is 1.45. The van der Waals surface area contributed by atoms with Gasteiger partial charge in [-0.3, -0.25) is 0 Å². The van der Waals surface area contributed by atoms with Crippen LogP contribution in [0.15, 0.2) is 42.0 Å². The van der Waals surface area contributed by atoms with Crippen LogP contribution in [0.25, 0.3) is 0 Å². The van der Waals surface area contributed by atoms with Crippen LogP contribution < -0.4 is 0 Å². The van der Waals surface area contributed by atoms with E-state index in [2.05, 4.69) is 0 Å². The molecule has 14 heavy (non-hydrogen) atoms. The highest BCUT2D eigenvalue weighted by molar-refractivity contribution is 5.28. The smallest absolute Gasteiger partial charge is 0.271 e. The molecule has 1 heterocycles. The highest BCUT2D eigenvalue weighted by atomic mass is 19.3. The number of ether oxygens (including phenoxy) is 1. The molecule has 0 radical (unpaired) electrons. The summed E-state index contributed by atoms with van der Waals surface area (Å²) in [6.07, 6.45) is -2.24. The van der Waals surface area contributed by atoms with Crippen molar-refractivity contribution in [3.8, 4) is 0 Å². The maximum Gasteiger partial charge on any atom is 0.271 e. The van der Waals surface area contributed by atoms with Gasteiger partial charge in [0.25, 0.3) is 6.08 Å². The third-order valence-electron chi connectivity index (χ3n) is 2.34. The quantitative estimate of drug-likeness (QED) is 0.661. The second kappa shape index (κ2) is 3.50. The SMILES string of the molecule is CC(=C(F)F)C1OC1c1ccccc1. The molecule has 2 rings (SSSR count).